The highest BCUT2D eigenvalue weighted by Crippen LogP contribution is 2.33. The zero-order valence-electron chi connectivity index (χ0n) is 17.9. The Balaban J connectivity index is 1.51. The van der Waals surface area contributed by atoms with Gasteiger partial charge < -0.3 is 14.8 Å². The third-order valence-corrected chi connectivity index (χ3v) is 5.98. The molecule has 1 aliphatic heterocycles. The van der Waals surface area contributed by atoms with Crippen LogP contribution in [0.2, 0.25) is 5.02 Å². The Bertz CT molecular complexity index is 1310. The number of non-ortho nitro benzene ring substituents is 1. The minimum absolute atomic E-state index is 0.0136. The van der Waals surface area contributed by atoms with Gasteiger partial charge in [-0.15, -0.1) is 0 Å². The summed E-state index contributed by atoms with van der Waals surface area (Å²) in [6.45, 7) is 0.193. The maximum Gasteiger partial charge on any atom is 0.269 e. The summed E-state index contributed by atoms with van der Waals surface area (Å²) in [7, 11) is 1.53. The van der Waals surface area contributed by atoms with Gasteiger partial charge in [-0.2, -0.15) is 0 Å². The number of thioether (sulfide) groups is 1. The van der Waals surface area contributed by atoms with Crippen molar-refractivity contribution in [2.24, 2.45) is 4.99 Å². The topological polar surface area (TPSA) is 103 Å². The third kappa shape index (κ3) is 5.56. The van der Waals surface area contributed by atoms with Crippen LogP contribution in [0.15, 0.2) is 76.6 Å². The Morgan fingerprint density at radius 1 is 1.12 bits per heavy atom. The molecule has 1 heterocycles. The second kappa shape index (κ2) is 10.4. The van der Waals surface area contributed by atoms with Crippen molar-refractivity contribution in [1.82, 2.24) is 5.32 Å². The largest absolute Gasteiger partial charge is 0.493 e. The zero-order valence-corrected chi connectivity index (χ0v) is 19.4. The smallest absolute Gasteiger partial charge is 0.269 e. The van der Waals surface area contributed by atoms with Gasteiger partial charge in [-0.25, -0.2) is 4.99 Å². The van der Waals surface area contributed by atoms with E-state index < -0.39 is 4.92 Å². The maximum atomic E-state index is 12.4. The molecule has 0 unspecified atom stereocenters. The first kappa shape index (κ1) is 23.3. The highest BCUT2D eigenvalue weighted by molar-refractivity contribution is 8.18. The molecule has 0 aliphatic carbocycles. The molecule has 0 saturated carbocycles. The minimum atomic E-state index is -0.452. The van der Waals surface area contributed by atoms with Crippen molar-refractivity contribution >= 4 is 51.9 Å². The summed E-state index contributed by atoms with van der Waals surface area (Å²) < 4.78 is 11.3. The lowest BCUT2D eigenvalue weighted by Gasteiger charge is -2.11. The van der Waals surface area contributed by atoms with Gasteiger partial charge in [-0.05, 0) is 65.4 Å². The van der Waals surface area contributed by atoms with Crippen LogP contribution < -0.4 is 14.8 Å². The number of hydrogen-bond acceptors (Lipinski definition) is 7. The number of carbonyl (C=O) groups excluding carboxylic acids is 1. The molecule has 8 nitrogen and oxygen atoms in total. The van der Waals surface area contributed by atoms with Crippen molar-refractivity contribution in [1.29, 1.82) is 0 Å². The molecule has 0 bridgehead atoms. The lowest BCUT2D eigenvalue weighted by Crippen LogP contribution is -2.19. The number of nitro groups is 1. The molecule has 1 N–H and O–H groups in total. The quantitative estimate of drug-likeness (QED) is 0.255. The van der Waals surface area contributed by atoms with E-state index >= 15 is 0 Å². The Morgan fingerprint density at radius 3 is 2.59 bits per heavy atom. The number of nitrogens with one attached hydrogen (secondary N) is 1. The van der Waals surface area contributed by atoms with Crippen LogP contribution >= 0.6 is 23.4 Å². The number of aliphatic imine (C=N–C) groups is 1. The molecular weight excluding hydrogens is 478 g/mol. The first-order chi connectivity index (χ1) is 16.4. The molecule has 1 aliphatic rings. The number of nitrogens with zero attached hydrogens (tertiary/aromatic N) is 2. The summed E-state index contributed by atoms with van der Waals surface area (Å²) >= 11 is 7.36. The summed E-state index contributed by atoms with van der Waals surface area (Å²) in [6.07, 6.45) is 1.73. The van der Waals surface area contributed by atoms with Crippen LogP contribution in [-0.4, -0.2) is 23.1 Å². The van der Waals surface area contributed by atoms with Gasteiger partial charge in [0, 0.05) is 12.1 Å². The molecule has 0 atom stereocenters. The van der Waals surface area contributed by atoms with E-state index in [0.29, 0.717) is 32.3 Å². The van der Waals surface area contributed by atoms with Gasteiger partial charge in [0.05, 0.1) is 27.6 Å². The van der Waals surface area contributed by atoms with Crippen LogP contribution in [0.1, 0.15) is 11.1 Å². The van der Waals surface area contributed by atoms with Gasteiger partial charge >= 0.3 is 0 Å². The van der Waals surface area contributed by atoms with Crippen LogP contribution in [0.3, 0.4) is 0 Å². The molecule has 1 amide bonds. The lowest BCUT2D eigenvalue weighted by molar-refractivity contribution is -0.384. The van der Waals surface area contributed by atoms with Gasteiger partial charge in [-0.3, -0.25) is 14.9 Å². The van der Waals surface area contributed by atoms with Gasteiger partial charge in [0.25, 0.3) is 11.6 Å². The molecule has 3 aromatic rings. The predicted molar refractivity (Wildman–Crippen MR) is 133 cm³/mol. The number of benzene rings is 3. The van der Waals surface area contributed by atoms with E-state index in [1.807, 2.05) is 18.2 Å². The average Bonchev–Trinajstić information content (AvgIpc) is 3.18. The van der Waals surface area contributed by atoms with Gasteiger partial charge in [0.2, 0.25) is 0 Å². The van der Waals surface area contributed by atoms with E-state index in [4.69, 9.17) is 21.1 Å². The first-order valence-corrected chi connectivity index (χ1v) is 11.2. The molecule has 4 rings (SSSR count). The fourth-order valence-corrected chi connectivity index (χ4v) is 4.07. The standard InChI is InChI=1S/C24H18ClN3O5S/c1-32-20-11-8-16(12-21(20)33-14-15-6-9-17(10-7-15)28(30)31)13-22-23(29)27-24(34-22)26-19-5-3-2-4-18(19)25/h2-13H,14H2,1H3,(H,26,27,29)/b22-13+. The van der Waals surface area contributed by atoms with Crippen LogP contribution in [0.25, 0.3) is 6.08 Å². The molecule has 0 radical (unpaired) electrons. The Morgan fingerprint density at radius 2 is 1.88 bits per heavy atom. The van der Waals surface area contributed by atoms with E-state index in [1.165, 1.54) is 31.0 Å². The average molecular weight is 496 g/mol. The Labute approximate surface area is 204 Å². The second-order valence-corrected chi connectivity index (χ2v) is 8.49. The first-order valence-electron chi connectivity index (χ1n) is 10.0. The third-order valence-electron chi connectivity index (χ3n) is 4.75. The van der Waals surface area contributed by atoms with E-state index in [2.05, 4.69) is 10.3 Å². The molecule has 34 heavy (non-hydrogen) atoms. The van der Waals surface area contributed by atoms with Gasteiger partial charge in [-0.1, -0.05) is 29.8 Å². The molecule has 0 aromatic heterocycles. The van der Waals surface area contributed by atoms with Crippen molar-refractivity contribution < 1.29 is 19.2 Å². The van der Waals surface area contributed by atoms with Crippen LogP contribution in [0, 0.1) is 10.1 Å². The van der Waals surface area contributed by atoms with Crippen LogP contribution in [0.4, 0.5) is 11.4 Å². The van der Waals surface area contributed by atoms with Crippen molar-refractivity contribution in [3.63, 3.8) is 0 Å². The molecule has 1 fully saturated rings. The predicted octanol–water partition coefficient (Wildman–Crippen LogP) is 5.73. The number of carbonyl (C=O) groups is 1. The number of nitro benzene ring substituents is 1. The highest BCUT2D eigenvalue weighted by Gasteiger charge is 2.24. The highest BCUT2D eigenvalue weighted by atomic mass is 35.5. The second-order valence-electron chi connectivity index (χ2n) is 7.06. The van der Waals surface area contributed by atoms with Crippen molar-refractivity contribution in [3.05, 3.63) is 97.9 Å². The monoisotopic (exact) mass is 495 g/mol. The zero-order chi connectivity index (χ0) is 24.1. The maximum absolute atomic E-state index is 12.4. The van der Waals surface area contributed by atoms with Crippen molar-refractivity contribution in [2.45, 2.75) is 6.61 Å². The summed E-state index contributed by atoms with van der Waals surface area (Å²) in [6, 6.07) is 18.6. The molecule has 0 spiro atoms. The van der Waals surface area contributed by atoms with E-state index in [0.717, 1.165) is 11.1 Å². The fourth-order valence-electron chi connectivity index (χ4n) is 3.05. The van der Waals surface area contributed by atoms with E-state index in [-0.39, 0.29) is 18.2 Å². The number of ether oxygens (including phenoxy) is 2. The van der Waals surface area contributed by atoms with Crippen molar-refractivity contribution in [2.75, 3.05) is 7.11 Å². The number of amides is 1. The van der Waals surface area contributed by atoms with Gasteiger partial charge in [0.15, 0.2) is 16.7 Å². The Hall–Kier alpha value is -3.82. The summed E-state index contributed by atoms with van der Waals surface area (Å²) in [4.78, 5) is 27.7. The normalized spacial score (nSPS) is 15.4. The number of methoxy groups -OCH3 is 1. The minimum Gasteiger partial charge on any atom is -0.493 e. The van der Waals surface area contributed by atoms with Crippen LogP contribution in [0.5, 0.6) is 11.5 Å². The summed E-state index contributed by atoms with van der Waals surface area (Å²) in [5, 5.41) is 14.5. The van der Waals surface area contributed by atoms with Gasteiger partial charge in [0.1, 0.15) is 6.61 Å². The van der Waals surface area contributed by atoms with Crippen molar-refractivity contribution in [3.8, 4) is 11.5 Å². The SMILES string of the molecule is COc1ccc(/C=C2/SC(=Nc3ccccc3Cl)NC2=O)cc1OCc1ccc([N+](=O)[O-])cc1. The lowest BCUT2D eigenvalue weighted by atomic mass is 10.1. The number of halogens is 1. The fraction of sp³-hybridized carbons (Fsp3) is 0.0833. The number of para-hydroxylation sites is 1. The van der Waals surface area contributed by atoms with E-state index in [1.54, 1.807) is 42.5 Å². The Kier molecular flexibility index (Phi) is 7.15. The number of hydrogen-bond donors (Lipinski definition) is 1. The molecule has 1 saturated heterocycles. The summed E-state index contributed by atoms with van der Waals surface area (Å²) in [5.74, 6) is 0.733. The summed E-state index contributed by atoms with van der Waals surface area (Å²) in [5.41, 5.74) is 2.08. The molecule has 10 heteroatoms. The molecular formula is C24H18ClN3O5S. The number of rotatable bonds is 7. The molecule has 3 aromatic carbocycles. The molecule has 172 valence electrons. The number of amidine groups is 1. The van der Waals surface area contributed by atoms with Crippen LogP contribution in [-0.2, 0) is 11.4 Å². The van der Waals surface area contributed by atoms with E-state index in [9.17, 15) is 14.9 Å².